The number of halogens is 2. The van der Waals surface area contributed by atoms with E-state index in [1.54, 1.807) is 6.92 Å². The summed E-state index contributed by atoms with van der Waals surface area (Å²) in [5.74, 6) is -1.26. The molecule has 0 saturated heterocycles. The molecule has 0 heterocycles. The molecule has 1 rings (SSSR count). The fraction of sp³-hybridized carbons (Fsp3) is 0.364. The van der Waals surface area contributed by atoms with Crippen molar-refractivity contribution in [3.05, 3.63) is 35.4 Å². The molecule has 0 N–H and O–H groups in total. The van der Waals surface area contributed by atoms with Crippen LogP contribution in [0.1, 0.15) is 24.2 Å². The molecule has 0 spiro atoms. The molecule has 0 fully saturated rings. The number of benzene rings is 1. The molecule has 0 saturated carbocycles. The summed E-state index contributed by atoms with van der Waals surface area (Å²) in [6.07, 6.45) is 0. The lowest BCUT2D eigenvalue weighted by Gasteiger charge is -2.08. The van der Waals surface area contributed by atoms with Crippen molar-refractivity contribution >= 4 is 17.5 Å². The topological polar surface area (TPSA) is 17.1 Å². The van der Waals surface area contributed by atoms with Crippen molar-refractivity contribution < 1.29 is 13.6 Å². The minimum atomic E-state index is -0.977. The van der Waals surface area contributed by atoms with Crippen molar-refractivity contribution in [1.29, 1.82) is 0 Å². The van der Waals surface area contributed by atoms with Gasteiger partial charge in [-0.05, 0) is 30.9 Å². The van der Waals surface area contributed by atoms with Crippen molar-refractivity contribution in [2.75, 3.05) is 5.75 Å². The summed E-state index contributed by atoms with van der Waals surface area (Å²) >= 11 is 1.48. The van der Waals surface area contributed by atoms with Crippen LogP contribution >= 0.6 is 11.8 Å². The second kappa shape index (κ2) is 5.26. The number of hydrogen-bond acceptors (Lipinski definition) is 2. The third-order valence-corrected chi connectivity index (χ3v) is 3.04. The largest absolute Gasteiger partial charge is 0.293 e. The monoisotopic (exact) mass is 230 g/mol. The van der Waals surface area contributed by atoms with Gasteiger partial charge in [-0.25, -0.2) is 8.78 Å². The van der Waals surface area contributed by atoms with Gasteiger partial charge in [-0.2, -0.15) is 11.8 Å². The fourth-order valence-electron chi connectivity index (χ4n) is 1.21. The average Bonchev–Trinajstić information content (AvgIpc) is 2.21. The molecule has 0 bridgehead atoms. The summed E-state index contributed by atoms with van der Waals surface area (Å²) in [4.78, 5) is 11.7. The highest BCUT2D eigenvalue weighted by Crippen LogP contribution is 2.17. The SMILES string of the molecule is CCSC(C)C(=O)c1ccc(F)c(F)c1. The molecule has 0 aromatic heterocycles. The van der Waals surface area contributed by atoms with Crippen molar-refractivity contribution in [3.63, 3.8) is 0 Å². The Morgan fingerprint density at radius 3 is 2.60 bits per heavy atom. The minimum Gasteiger partial charge on any atom is -0.293 e. The molecule has 0 aliphatic carbocycles. The van der Waals surface area contributed by atoms with Gasteiger partial charge in [0.2, 0.25) is 0 Å². The maximum Gasteiger partial charge on any atom is 0.175 e. The van der Waals surface area contributed by atoms with Crippen LogP contribution in [0.25, 0.3) is 0 Å². The lowest BCUT2D eigenvalue weighted by molar-refractivity contribution is 0.0993. The third kappa shape index (κ3) is 3.02. The number of carbonyl (C=O) groups excluding carboxylic acids is 1. The molecule has 1 atom stereocenters. The van der Waals surface area contributed by atoms with E-state index in [0.29, 0.717) is 0 Å². The van der Waals surface area contributed by atoms with E-state index in [0.717, 1.165) is 17.9 Å². The van der Waals surface area contributed by atoms with E-state index in [1.807, 2.05) is 6.92 Å². The van der Waals surface area contributed by atoms with Gasteiger partial charge in [-0.1, -0.05) is 6.92 Å². The minimum absolute atomic E-state index is 0.166. The van der Waals surface area contributed by atoms with Gasteiger partial charge >= 0.3 is 0 Å². The van der Waals surface area contributed by atoms with Crippen molar-refractivity contribution in [2.45, 2.75) is 19.1 Å². The van der Waals surface area contributed by atoms with Crippen LogP contribution in [-0.2, 0) is 0 Å². The van der Waals surface area contributed by atoms with Gasteiger partial charge in [0.05, 0.1) is 5.25 Å². The van der Waals surface area contributed by atoms with Crippen LogP contribution in [0, 0.1) is 11.6 Å². The summed E-state index contributed by atoms with van der Waals surface area (Å²) < 4.78 is 25.5. The number of thioether (sulfide) groups is 1. The highest BCUT2D eigenvalue weighted by atomic mass is 32.2. The maximum absolute atomic E-state index is 12.9. The van der Waals surface area contributed by atoms with Gasteiger partial charge in [-0.3, -0.25) is 4.79 Å². The Morgan fingerprint density at radius 2 is 2.07 bits per heavy atom. The van der Waals surface area contributed by atoms with E-state index >= 15 is 0 Å². The predicted octanol–water partition coefficient (Wildman–Crippen LogP) is 3.29. The van der Waals surface area contributed by atoms with Crippen LogP contribution in [-0.4, -0.2) is 16.8 Å². The van der Waals surface area contributed by atoms with Crippen LogP contribution in [0.5, 0.6) is 0 Å². The lowest BCUT2D eigenvalue weighted by Crippen LogP contribution is -2.14. The summed E-state index contributed by atoms with van der Waals surface area (Å²) in [7, 11) is 0. The normalized spacial score (nSPS) is 12.5. The first-order valence-corrected chi connectivity index (χ1v) is 5.72. The molecule has 15 heavy (non-hydrogen) atoms. The smallest absolute Gasteiger partial charge is 0.175 e. The summed E-state index contributed by atoms with van der Waals surface area (Å²) in [5, 5.41) is -0.222. The van der Waals surface area contributed by atoms with Crippen LogP contribution in [0.15, 0.2) is 18.2 Å². The number of carbonyl (C=O) groups is 1. The molecule has 0 aliphatic heterocycles. The van der Waals surface area contributed by atoms with Crippen LogP contribution in [0.3, 0.4) is 0 Å². The van der Waals surface area contributed by atoms with Crippen LogP contribution in [0.2, 0.25) is 0 Å². The lowest BCUT2D eigenvalue weighted by atomic mass is 10.1. The molecule has 0 aliphatic rings. The summed E-state index contributed by atoms with van der Waals surface area (Å²) in [6, 6.07) is 3.24. The number of rotatable bonds is 4. The van der Waals surface area contributed by atoms with E-state index in [1.165, 1.54) is 17.8 Å². The van der Waals surface area contributed by atoms with E-state index in [9.17, 15) is 13.6 Å². The summed E-state index contributed by atoms with van der Waals surface area (Å²) in [6.45, 7) is 3.71. The highest BCUT2D eigenvalue weighted by molar-refractivity contribution is 8.00. The van der Waals surface area contributed by atoms with Gasteiger partial charge in [0.25, 0.3) is 0 Å². The number of Topliss-reactive ketones (excluding diaryl/α,β-unsaturated/α-hetero) is 1. The second-order valence-electron chi connectivity index (χ2n) is 3.09. The van der Waals surface area contributed by atoms with Gasteiger partial charge in [0.15, 0.2) is 17.4 Å². The van der Waals surface area contributed by atoms with E-state index in [2.05, 4.69) is 0 Å². The second-order valence-corrected chi connectivity index (χ2v) is 4.71. The van der Waals surface area contributed by atoms with Gasteiger partial charge in [0, 0.05) is 5.56 Å². The Balaban J connectivity index is 2.87. The van der Waals surface area contributed by atoms with Crippen molar-refractivity contribution in [2.24, 2.45) is 0 Å². The Bertz CT molecular complexity index is 366. The Labute approximate surface area is 91.9 Å². The van der Waals surface area contributed by atoms with E-state index in [4.69, 9.17) is 0 Å². The number of ketones is 1. The predicted molar refractivity (Wildman–Crippen MR) is 58.3 cm³/mol. The average molecular weight is 230 g/mol. The van der Waals surface area contributed by atoms with Gasteiger partial charge < -0.3 is 0 Å². The molecule has 1 aromatic rings. The molecule has 0 amide bonds. The van der Waals surface area contributed by atoms with Gasteiger partial charge in [0.1, 0.15) is 0 Å². The maximum atomic E-state index is 12.9. The van der Waals surface area contributed by atoms with Crippen LogP contribution in [0.4, 0.5) is 8.78 Å². The van der Waals surface area contributed by atoms with Crippen molar-refractivity contribution in [1.82, 2.24) is 0 Å². The molecule has 1 aromatic carbocycles. The Kier molecular flexibility index (Phi) is 4.27. The standard InChI is InChI=1S/C11H12F2OS/c1-3-15-7(2)11(14)8-4-5-9(12)10(13)6-8/h4-7H,3H2,1-2H3. The zero-order valence-electron chi connectivity index (χ0n) is 8.59. The van der Waals surface area contributed by atoms with Crippen molar-refractivity contribution in [3.8, 4) is 0 Å². The molecular weight excluding hydrogens is 218 g/mol. The highest BCUT2D eigenvalue weighted by Gasteiger charge is 2.16. The molecule has 1 nitrogen and oxygen atoms in total. The zero-order chi connectivity index (χ0) is 11.4. The Morgan fingerprint density at radius 1 is 1.40 bits per heavy atom. The molecule has 4 heteroatoms. The first-order valence-electron chi connectivity index (χ1n) is 4.67. The first-order chi connectivity index (χ1) is 7.06. The number of hydrogen-bond donors (Lipinski definition) is 0. The van der Waals surface area contributed by atoms with E-state index < -0.39 is 11.6 Å². The van der Waals surface area contributed by atoms with Gasteiger partial charge in [-0.15, -0.1) is 0 Å². The quantitative estimate of drug-likeness (QED) is 0.738. The molecule has 0 radical (unpaired) electrons. The van der Waals surface area contributed by atoms with E-state index in [-0.39, 0.29) is 16.6 Å². The fourth-order valence-corrected chi connectivity index (χ4v) is 2.00. The zero-order valence-corrected chi connectivity index (χ0v) is 9.41. The molecular formula is C11H12F2OS. The summed E-state index contributed by atoms with van der Waals surface area (Å²) in [5.41, 5.74) is 0.224. The van der Waals surface area contributed by atoms with Crippen LogP contribution < -0.4 is 0 Å². The first kappa shape index (κ1) is 12.2. The third-order valence-electron chi connectivity index (χ3n) is 1.99. The molecule has 82 valence electrons. The molecule has 1 unspecified atom stereocenters. The Hall–Kier alpha value is -0.900.